The van der Waals surface area contributed by atoms with Crippen LogP contribution in [-0.2, 0) is 11.2 Å². The van der Waals surface area contributed by atoms with Crippen LogP contribution in [0.2, 0.25) is 0 Å². The van der Waals surface area contributed by atoms with E-state index in [-0.39, 0.29) is 17.6 Å². The highest BCUT2D eigenvalue weighted by Gasteiger charge is 2.14. The van der Waals surface area contributed by atoms with Crippen molar-refractivity contribution in [3.05, 3.63) is 29.8 Å². The van der Waals surface area contributed by atoms with E-state index in [1.807, 2.05) is 6.92 Å². The lowest BCUT2D eigenvalue weighted by atomic mass is 10.2. The first-order valence-corrected chi connectivity index (χ1v) is 5.51. The molecule has 0 aliphatic heterocycles. The molecule has 1 unspecified atom stereocenters. The number of hydrogen-bond donors (Lipinski definition) is 1. The quantitative estimate of drug-likeness (QED) is 0.841. The predicted molar refractivity (Wildman–Crippen MR) is 64.3 cm³/mol. The van der Waals surface area contributed by atoms with Crippen molar-refractivity contribution in [3.63, 3.8) is 0 Å². The van der Waals surface area contributed by atoms with Crippen molar-refractivity contribution >= 4 is 5.69 Å². The minimum atomic E-state index is -0.481. The summed E-state index contributed by atoms with van der Waals surface area (Å²) in [5, 5.41) is 3.78. The Labute approximate surface area is 104 Å². The second-order valence-corrected chi connectivity index (χ2v) is 4.01. The molecule has 0 aliphatic rings. The SMILES string of the molecule is COC(C)Cc1noc(-c2ccc(N)cc2F)n1. The molecule has 1 aromatic carbocycles. The largest absolute Gasteiger partial charge is 0.399 e. The molecule has 1 atom stereocenters. The average Bonchev–Trinajstić information content (AvgIpc) is 2.77. The van der Waals surface area contributed by atoms with Crippen molar-refractivity contribution in [2.75, 3.05) is 12.8 Å². The first-order valence-electron chi connectivity index (χ1n) is 5.51. The van der Waals surface area contributed by atoms with Crippen LogP contribution in [0.4, 0.5) is 10.1 Å². The zero-order chi connectivity index (χ0) is 13.1. The van der Waals surface area contributed by atoms with Gasteiger partial charge in [-0.25, -0.2) is 4.39 Å². The second-order valence-electron chi connectivity index (χ2n) is 4.01. The Morgan fingerprint density at radius 2 is 2.28 bits per heavy atom. The number of nitrogen functional groups attached to an aromatic ring is 1. The molecule has 2 rings (SSSR count). The molecule has 18 heavy (non-hydrogen) atoms. The predicted octanol–water partition coefficient (Wildman–Crippen LogP) is 2.04. The van der Waals surface area contributed by atoms with Gasteiger partial charge in [-0.15, -0.1) is 0 Å². The molecule has 0 radical (unpaired) electrons. The fourth-order valence-corrected chi connectivity index (χ4v) is 1.49. The van der Waals surface area contributed by atoms with Gasteiger partial charge >= 0.3 is 0 Å². The molecule has 6 heteroatoms. The maximum absolute atomic E-state index is 13.6. The lowest BCUT2D eigenvalue weighted by Gasteiger charge is -2.04. The Kier molecular flexibility index (Phi) is 3.57. The maximum Gasteiger partial charge on any atom is 0.260 e. The highest BCUT2D eigenvalue weighted by molar-refractivity contribution is 5.58. The van der Waals surface area contributed by atoms with Gasteiger partial charge in [0.2, 0.25) is 0 Å². The lowest BCUT2D eigenvalue weighted by molar-refractivity contribution is 0.116. The van der Waals surface area contributed by atoms with Gasteiger partial charge in [0.1, 0.15) is 5.82 Å². The number of aromatic nitrogens is 2. The van der Waals surface area contributed by atoms with Crippen LogP contribution in [0.3, 0.4) is 0 Å². The monoisotopic (exact) mass is 251 g/mol. The van der Waals surface area contributed by atoms with E-state index in [1.165, 1.54) is 12.1 Å². The number of hydrogen-bond acceptors (Lipinski definition) is 5. The van der Waals surface area contributed by atoms with E-state index in [9.17, 15) is 4.39 Å². The van der Waals surface area contributed by atoms with Gasteiger partial charge in [-0.05, 0) is 25.1 Å². The van der Waals surface area contributed by atoms with Gasteiger partial charge in [0.25, 0.3) is 5.89 Å². The van der Waals surface area contributed by atoms with Crippen LogP contribution in [0.25, 0.3) is 11.5 Å². The molecule has 2 aromatic rings. The van der Waals surface area contributed by atoms with Crippen molar-refractivity contribution in [2.24, 2.45) is 0 Å². The third kappa shape index (κ3) is 2.65. The minimum Gasteiger partial charge on any atom is -0.399 e. The molecule has 0 bridgehead atoms. The summed E-state index contributed by atoms with van der Waals surface area (Å²) in [6.07, 6.45) is 0.489. The minimum absolute atomic E-state index is 0.0216. The average molecular weight is 251 g/mol. The van der Waals surface area contributed by atoms with E-state index in [0.717, 1.165) is 0 Å². The van der Waals surface area contributed by atoms with E-state index in [4.69, 9.17) is 15.0 Å². The molecule has 2 N–H and O–H groups in total. The van der Waals surface area contributed by atoms with E-state index in [0.29, 0.717) is 17.9 Å². The molecule has 0 saturated heterocycles. The van der Waals surface area contributed by atoms with Gasteiger partial charge in [0.05, 0.1) is 11.7 Å². The summed E-state index contributed by atoms with van der Waals surface area (Å²) in [6.45, 7) is 1.89. The third-order valence-electron chi connectivity index (χ3n) is 2.56. The molecule has 96 valence electrons. The van der Waals surface area contributed by atoms with Gasteiger partial charge in [-0.1, -0.05) is 5.16 Å². The molecule has 0 spiro atoms. The fourth-order valence-electron chi connectivity index (χ4n) is 1.49. The molecule has 0 amide bonds. The normalized spacial score (nSPS) is 12.6. The zero-order valence-electron chi connectivity index (χ0n) is 10.2. The van der Waals surface area contributed by atoms with Crippen molar-refractivity contribution in [2.45, 2.75) is 19.4 Å². The Bertz CT molecular complexity index is 542. The number of halogens is 1. The smallest absolute Gasteiger partial charge is 0.260 e. The van der Waals surface area contributed by atoms with Crippen LogP contribution in [0.15, 0.2) is 22.7 Å². The summed E-state index contributed by atoms with van der Waals surface area (Å²) in [5.74, 6) is 0.145. The van der Waals surface area contributed by atoms with Crippen LogP contribution >= 0.6 is 0 Å². The number of benzene rings is 1. The molecule has 0 aliphatic carbocycles. The Morgan fingerprint density at radius 1 is 1.50 bits per heavy atom. The van der Waals surface area contributed by atoms with E-state index >= 15 is 0 Å². The summed E-state index contributed by atoms with van der Waals surface area (Å²) in [6, 6.07) is 4.32. The summed E-state index contributed by atoms with van der Waals surface area (Å²) in [7, 11) is 1.60. The maximum atomic E-state index is 13.6. The Balaban J connectivity index is 2.24. The number of ether oxygens (including phenoxy) is 1. The Morgan fingerprint density at radius 3 is 2.94 bits per heavy atom. The van der Waals surface area contributed by atoms with Crippen LogP contribution in [0.1, 0.15) is 12.7 Å². The number of methoxy groups -OCH3 is 1. The molecule has 0 saturated carbocycles. The summed E-state index contributed by atoms with van der Waals surface area (Å²) >= 11 is 0. The van der Waals surface area contributed by atoms with E-state index in [1.54, 1.807) is 13.2 Å². The van der Waals surface area contributed by atoms with Gasteiger partial charge in [-0.2, -0.15) is 4.98 Å². The first-order chi connectivity index (χ1) is 8.60. The van der Waals surface area contributed by atoms with Crippen molar-refractivity contribution in [3.8, 4) is 11.5 Å². The fraction of sp³-hybridized carbons (Fsp3) is 0.333. The summed E-state index contributed by atoms with van der Waals surface area (Å²) < 4.78 is 23.8. The molecular weight excluding hydrogens is 237 g/mol. The van der Waals surface area contributed by atoms with Gasteiger partial charge < -0.3 is 15.0 Å². The number of nitrogens with two attached hydrogens (primary N) is 1. The number of anilines is 1. The lowest BCUT2D eigenvalue weighted by Crippen LogP contribution is -2.09. The highest BCUT2D eigenvalue weighted by Crippen LogP contribution is 2.23. The summed E-state index contributed by atoms with van der Waals surface area (Å²) in [5.41, 5.74) is 6.07. The second kappa shape index (κ2) is 5.14. The first kappa shape index (κ1) is 12.5. The third-order valence-corrected chi connectivity index (χ3v) is 2.56. The van der Waals surface area contributed by atoms with Gasteiger partial charge in [0.15, 0.2) is 5.82 Å². The topological polar surface area (TPSA) is 74.2 Å². The van der Waals surface area contributed by atoms with Crippen LogP contribution in [0.5, 0.6) is 0 Å². The highest BCUT2D eigenvalue weighted by atomic mass is 19.1. The number of nitrogens with zero attached hydrogens (tertiary/aromatic N) is 2. The Hall–Kier alpha value is -1.95. The van der Waals surface area contributed by atoms with Crippen molar-refractivity contribution in [1.29, 1.82) is 0 Å². The van der Waals surface area contributed by atoms with Crippen LogP contribution < -0.4 is 5.73 Å². The molecule has 1 aromatic heterocycles. The standard InChI is InChI=1S/C12H14FN3O2/c1-7(17-2)5-11-15-12(18-16-11)9-4-3-8(14)6-10(9)13/h3-4,6-7H,5,14H2,1-2H3. The van der Waals surface area contributed by atoms with Crippen LogP contribution in [-0.4, -0.2) is 23.4 Å². The summed E-state index contributed by atoms with van der Waals surface area (Å²) in [4.78, 5) is 4.12. The molecule has 0 fully saturated rings. The van der Waals surface area contributed by atoms with Gasteiger partial charge in [-0.3, -0.25) is 0 Å². The molecule has 1 heterocycles. The van der Waals surface area contributed by atoms with Gasteiger partial charge in [0, 0.05) is 19.2 Å². The zero-order valence-corrected chi connectivity index (χ0v) is 10.2. The van der Waals surface area contributed by atoms with Crippen molar-refractivity contribution in [1.82, 2.24) is 10.1 Å². The van der Waals surface area contributed by atoms with E-state index in [2.05, 4.69) is 10.1 Å². The van der Waals surface area contributed by atoms with Crippen molar-refractivity contribution < 1.29 is 13.7 Å². The van der Waals surface area contributed by atoms with E-state index < -0.39 is 5.82 Å². The van der Waals surface area contributed by atoms with Crippen LogP contribution in [0, 0.1) is 5.82 Å². The number of rotatable bonds is 4. The molecular formula is C12H14FN3O2. The molecule has 5 nitrogen and oxygen atoms in total.